The number of hydrogen-bond donors (Lipinski definition) is 2. The third-order valence-electron chi connectivity index (χ3n) is 5.21. The van der Waals surface area contributed by atoms with Crippen LogP contribution in [-0.2, 0) is 11.3 Å². The van der Waals surface area contributed by atoms with Crippen molar-refractivity contribution >= 4 is 34.0 Å². The molecule has 0 unspecified atom stereocenters. The zero-order chi connectivity index (χ0) is 22.3. The SMILES string of the molecule is CN(Cc1ccccc1)C(=O)c1cccc(NC(=O)CNc2ccc3ccccc3c2)c1. The van der Waals surface area contributed by atoms with E-state index in [1.165, 1.54) is 0 Å². The second kappa shape index (κ2) is 9.79. The largest absolute Gasteiger partial charge is 0.376 e. The number of anilines is 2. The monoisotopic (exact) mass is 423 g/mol. The number of nitrogens with zero attached hydrogens (tertiary/aromatic N) is 1. The predicted octanol–water partition coefficient (Wildman–Crippen LogP) is 5.16. The van der Waals surface area contributed by atoms with Crippen molar-refractivity contribution in [3.05, 3.63) is 108 Å². The molecule has 0 saturated heterocycles. The van der Waals surface area contributed by atoms with E-state index < -0.39 is 0 Å². The van der Waals surface area contributed by atoms with Gasteiger partial charge in [-0.05, 0) is 46.7 Å². The first kappa shape index (κ1) is 21.1. The molecule has 160 valence electrons. The smallest absolute Gasteiger partial charge is 0.253 e. The standard InChI is InChI=1S/C27H25N3O2/c1-30(19-20-8-3-2-4-9-20)27(32)23-12-7-13-25(17-23)29-26(31)18-28-24-15-14-21-10-5-6-11-22(21)16-24/h2-17,28H,18-19H2,1H3,(H,29,31). The number of amides is 2. The van der Waals surface area contributed by atoms with Gasteiger partial charge in [-0.15, -0.1) is 0 Å². The minimum Gasteiger partial charge on any atom is -0.376 e. The lowest BCUT2D eigenvalue weighted by Gasteiger charge is -2.18. The molecule has 0 atom stereocenters. The molecule has 0 aliphatic carbocycles. The summed E-state index contributed by atoms with van der Waals surface area (Å²) in [6, 6.07) is 30.9. The highest BCUT2D eigenvalue weighted by Crippen LogP contribution is 2.19. The van der Waals surface area contributed by atoms with Crippen molar-refractivity contribution in [1.82, 2.24) is 4.90 Å². The van der Waals surface area contributed by atoms with Crippen LogP contribution in [0, 0.1) is 0 Å². The van der Waals surface area contributed by atoms with E-state index in [1.807, 2.05) is 66.7 Å². The lowest BCUT2D eigenvalue weighted by molar-refractivity contribution is -0.114. The highest BCUT2D eigenvalue weighted by molar-refractivity contribution is 5.98. The Morgan fingerprint density at radius 1 is 0.750 bits per heavy atom. The van der Waals surface area contributed by atoms with Crippen LogP contribution in [0.25, 0.3) is 10.8 Å². The molecule has 0 aromatic heterocycles. The summed E-state index contributed by atoms with van der Waals surface area (Å²) in [6.45, 7) is 0.649. The first-order chi connectivity index (χ1) is 15.6. The van der Waals surface area contributed by atoms with Crippen LogP contribution in [0.3, 0.4) is 0 Å². The van der Waals surface area contributed by atoms with Gasteiger partial charge in [-0.2, -0.15) is 0 Å². The molecule has 0 saturated carbocycles. The number of hydrogen-bond acceptors (Lipinski definition) is 3. The van der Waals surface area contributed by atoms with E-state index >= 15 is 0 Å². The molecular weight excluding hydrogens is 398 g/mol. The van der Waals surface area contributed by atoms with E-state index in [1.54, 1.807) is 36.2 Å². The lowest BCUT2D eigenvalue weighted by atomic mass is 10.1. The van der Waals surface area contributed by atoms with Gasteiger partial charge >= 0.3 is 0 Å². The number of rotatable bonds is 7. The molecule has 0 aliphatic heterocycles. The minimum atomic E-state index is -0.180. The fraction of sp³-hybridized carbons (Fsp3) is 0.111. The Hall–Kier alpha value is -4.12. The summed E-state index contributed by atoms with van der Waals surface area (Å²) < 4.78 is 0. The third-order valence-corrected chi connectivity index (χ3v) is 5.21. The van der Waals surface area contributed by atoms with E-state index in [9.17, 15) is 9.59 Å². The molecular formula is C27H25N3O2. The van der Waals surface area contributed by atoms with Gasteiger partial charge in [0.15, 0.2) is 0 Å². The number of nitrogens with one attached hydrogen (secondary N) is 2. The molecule has 4 aromatic carbocycles. The molecule has 4 aromatic rings. The van der Waals surface area contributed by atoms with Crippen molar-refractivity contribution in [2.24, 2.45) is 0 Å². The maximum atomic E-state index is 12.8. The molecule has 0 aliphatic rings. The quantitative estimate of drug-likeness (QED) is 0.431. The highest BCUT2D eigenvalue weighted by atomic mass is 16.2. The molecule has 2 amide bonds. The summed E-state index contributed by atoms with van der Waals surface area (Å²) in [7, 11) is 1.77. The first-order valence-corrected chi connectivity index (χ1v) is 10.5. The summed E-state index contributed by atoms with van der Waals surface area (Å²) in [6.07, 6.45) is 0. The van der Waals surface area contributed by atoms with E-state index in [0.717, 1.165) is 22.0 Å². The molecule has 0 radical (unpaired) electrons. The van der Waals surface area contributed by atoms with Gasteiger partial charge in [-0.1, -0.05) is 66.7 Å². The summed E-state index contributed by atoms with van der Waals surface area (Å²) >= 11 is 0. The van der Waals surface area contributed by atoms with E-state index in [4.69, 9.17) is 0 Å². The van der Waals surface area contributed by atoms with Gasteiger partial charge in [0, 0.05) is 30.5 Å². The second-order valence-electron chi connectivity index (χ2n) is 7.69. The molecule has 0 fully saturated rings. The number of benzene rings is 4. The third kappa shape index (κ3) is 5.32. The van der Waals surface area contributed by atoms with Gasteiger partial charge < -0.3 is 15.5 Å². The number of fused-ring (bicyclic) bond motifs is 1. The summed E-state index contributed by atoms with van der Waals surface area (Å²) in [5.41, 5.74) is 3.07. The summed E-state index contributed by atoms with van der Waals surface area (Å²) in [4.78, 5) is 26.9. The van der Waals surface area contributed by atoms with Crippen molar-refractivity contribution in [3.63, 3.8) is 0 Å². The Balaban J connectivity index is 1.35. The van der Waals surface area contributed by atoms with Crippen LogP contribution in [0.2, 0.25) is 0 Å². The van der Waals surface area contributed by atoms with Gasteiger partial charge in [0.25, 0.3) is 5.91 Å². The van der Waals surface area contributed by atoms with Gasteiger partial charge in [-0.3, -0.25) is 9.59 Å². The fourth-order valence-electron chi connectivity index (χ4n) is 3.57. The van der Waals surface area contributed by atoms with Crippen LogP contribution in [0.4, 0.5) is 11.4 Å². The predicted molar refractivity (Wildman–Crippen MR) is 130 cm³/mol. The highest BCUT2D eigenvalue weighted by Gasteiger charge is 2.13. The Morgan fingerprint density at radius 3 is 2.31 bits per heavy atom. The van der Waals surface area contributed by atoms with Gasteiger partial charge in [0.1, 0.15) is 0 Å². The Labute approximate surface area is 187 Å². The van der Waals surface area contributed by atoms with Gasteiger partial charge in [0.2, 0.25) is 5.91 Å². The number of carbonyl (C=O) groups is 2. The van der Waals surface area contributed by atoms with Crippen LogP contribution >= 0.6 is 0 Å². The zero-order valence-electron chi connectivity index (χ0n) is 17.9. The zero-order valence-corrected chi connectivity index (χ0v) is 17.9. The average Bonchev–Trinajstić information content (AvgIpc) is 2.83. The van der Waals surface area contributed by atoms with Crippen molar-refractivity contribution in [2.75, 3.05) is 24.2 Å². The fourth-order valence-corrected chi connectivity index (χ4v) is 3.57. The van der Waals surface area contributed by atoms with Gasteiger partial charge in [-0.25, -0.2) is 0 Å². The molecule has 4 rings (SSSR count). The van der Waals surface area contributed by atoms with Gasteiger partial charge in [0.05, 0.1) is 6.54 Å². The van der Waals surface area contributed by atoms with Crippen molar-refractivity contribution in [3.8, 4) is 0 Å². The molecule has 5 heteroatoms. The summed E-state index contributed by atoms with van der Waals surface area (Å²) in [5, 5.41) is 8.28. The maximum absolute atomic E-state index is 12.8. The Kier molecular flexibility index (Phi) is 6.46. The topological polar surface area (TPSA) is 61.4 Å². The molecule has 0 bridgehead atoms. The molecule has 5 nitrogen and oxygen atoms in total. The molecule has 0 heterocycles. The molecule has 0 spiro atoms. The first-order valence-electron chi connectivity index (χ1n) is 10.5. The Bertz CT molecular complexity index is 1240. The molecule has 32 heavy (non-hydrogen) atoms. The van der Waals surface area contributed by atoms with Crippen LogP contribution in [0.1, 0.15) is 15.9 Å². The van der Waals surface area contributed by atoms with Crippen LogP contribution < -0.4 is 10.6 Å². The average molecular weight is 424 g/mol. The number of carbonyl (C=O) groups excluding carboxylic acids is 2. The minimum absolute atomic E-state index is 0.0979. The van der Waals surface area contributed by atoms with E-state index in [2.05, 4.69) is 16.7 Å². The summed E-state index contributed by atoms with van der Waals surface area (Å²) in [5.74, 6) is -0.278. The Morgan fingerprint density at radius 2 is 1.50 bits per heavy atom. The van der Waals surface area contributed by atoms with Crippen molar-refractivity contribution in [1.29, 1.82) is 0 Å². The van der Waals surface area contributed by atoms with E-state index in [-0.39, 0.29) is 18.4 Å². The van der Waals surface area contributed by atoms with Crippen LogP contribution in [-0.4, -0.2) is 30.3 Å². The van der Waals surface area contributed by atoms with Crippen LogP contribution in [0.15, 0.2) is 97.1 Å². The van der Waals surface area contributed by atoms with Crippen molar-refractivity contribution in [2.45, 2.75) is 6.54 Å². The normalized spacial score (nSPS) is 10.5. The lowest BCUT2D eigenvalue weighted by Crippen LogP contribution is -2.26. The second-order valence-corrected chi connectivity index (χ2v) is 7.69. The van der Waals surface area contributed by atoms with E-state index in [0.29, 0.717) is 17.8 Å². The maximum Gasteiger partial charge on any atom is 0.253 e. The van der Waals surface area contributed by atoms with Crippen LogP contribution in [0.5, 0.6) is 0 Å². The van der Waals surface area contributed by atoms with Crippen molar-refractivity contribution < 1.29 is 9.59 Å². The molecule has 2 N–H and O–H groups in total.